The number of amides is 1. The summed E-state index contributed by atoms with van der Waals surface area (Å²) in [4.78, 5) is 22.9. The highest BCUT2D eigenvalue weighted by atomic mass is 16.4. The van der Waals surface area contributed by atoms with Crippen LogP contribution in [-0.4, -0.2) is 17.0 Å². The van der Waals surface area contributed by atoms with E-state index in [1.807, 2.05) is 36.4 Å². The molecular weight excluding hydrogens is 302 g/mol. The Hall–Kier alpha value is -2.62. The second-order valence-electron chi connectivity index (χ2n) is 6.29. The average Bonchev–Trinajstić information content (AvgIpc) is 2.53. The zero-order valence-electron chi connectivity index (χ0n) is 13.5. The van der Waals surface area contributed by atoms with Gasteiger partial charge in [-0.2, -0.15) is 0 Å². The van der Waals surface area contributed by atoms with Crippen molar-refractivity contribution in [3.05, 3.63) is 65.2 Å². The molecule has 0 radical (unpaired) electrons. The van der Waals surface area contributed by atoms with E-state index in [0.29, 0.717) is 23.6 Å². The first kappa shape index (κ1) is 16.2. The molecule has 1 saturated carbocycles. The SMILES string of the molecule is O=C(O)CCc1ccc(NC(=O)c2ccc(C3CCC3)cc2)cc1. The molecule has 0 saturated heterocycles. The number of hydrogen-bond acceptors (Lipinski definition) is 2. The third kappa shape index (κ3) is 4.02. The summed E-state index contributed by atoms with van der Waals surface area (Å²) in [6.07, 6.45) is 4.40. The highest BCUT2D eigenvalue weighted by Gasteiger charge is 2.19. The van der Waals surface area contributed by atoms with Crippen LogP contribution >= 0.6 is 0 Å². The van der Waals surface area contributed by atoms with Crippen LogP contribution in [0.3, 0.4) is 0 Å². The second-order valence-corrected chi connectivity index (χ2v) is 6.29. The fraction of sp³-hybridized carbons (Fsp3) is 0.300. The van der Waals surface area contributed by atoms with Gasteiger partial charge in [-0.25, -0.2) is 0 Å². The number of carboxylic acid groups (broad SMARTS) is 1. The van der Waals surface area contributed by atoms with Gasteiger partial charge in [-0.1, -0.05) is 30.7 Å². The molecule has 2 aromatic rings. The van der Waals surface area contributed by atoms with Gasteiger partial charge in [-0.05, 0) is 60.6 Å². The molecule has 2 N–H and O–H groups in total. The van der Waals surface area contributed by atoms with Crippen molar-refractivity contribution < 1.29 is 14.7 Å². The maximum Gasteiger partial charge on any atom is 0.303 e. The average molecular weight is 323 g/mol. The smallest absolute Gasteiger partial charge is 0.303 e. The van der Waals surface area contributed by atoms with Crippen LogP contribution in [0.4, 0.5) is 5.69 Å². The van der Waals surface area contributed by atoms with Gasteiger partial charge in [0.05, 0.1) is 0 Å². The summed E-state index contributed by atoms with van der Waals surface area (Å²) in [5.41, 5.74) is 3.62. The molecule has 0 atom stereocenters. The molecule has 3 rings (SSSR count). The molecule has 1 aliphatic rings. The lowest BCUT2D eigenvalue weighted by molar-refractivity contribution is -0.136. The van der Waals surface area contributed by atoms with Crippen molar-refractivity contribution in [2.75, 3.05) is 5.32 Å². The topological polar surface area (TPSA) is 66.4 Å². The Kier molecular flexibility index (Phi) is 4.94. The van der Waals surface area contributed by atoms with Crippen LogP contribution in [-0.2, 0) is 11.2 Å². The van der Waals surface area contributed by atoms with Crippen LogP contribution in [0.2, 0.25) is 0 Å². The summed E-state index contributed by atoms with van der Waals surface area (Å²) in [5, 5.41) is 11.6. The number of rotatable bonds is 6. The molecule has 0 bridgehead atoms. The predicted molar refractivity (Wildman–Crippen MR) is 93.4 cm³/mol. The summed E-state index contributed by atoms with van der Waals surface area (Å²) >= 11 is 0. The van der Waals surface area contributed by atoms with E-state index in [-0.39, 0.29) is 12.3 Å². The van der Waals surface area contributed by atoms with Crippen molar-refractivity contribution in [3.8, 4) is 0 Å². The Balaban J connectivity index is 1.58. The largest absolute Gasteiger partial charge is 0.481 e. The Morgan fingerprint density at radius 3 is 2.21 bits per heavy atom. The van der Waals surface area contributed by atoms with Gasteiger partial charge in [0.1, 0.15) is 0 Å². The van der Waals surface area contributed by atoms with Gasteiger partial charge in [0.2, 0.25) is 0 Å². The minimum absolute atomic E-state index is 0.110. The van der Waals surface area contributed by atoms with Crippen LogP contribution in [0.15, 0.2) is 48.5 Å². The Bertz CT molecular complexity index is 716. The minimum Gasteiger partial charge on any atom is -0.481 e. The number of aliphatic carboxylic acids is 1. The lowest BCUT2D eigenvalue weighted by Gasteiger charge is -2.25. The molecule has 1 aliphatic carbocycles. The maximum absolute atomic E-state index is 12.3. The molecule has 1 amide bonds. The van der Waals surface area contributed by atoms with E-state index in [1.54, 1.807) is 12.1 Å². The first-order chi connectivity index (χ1) is 11.6. The lowest BCUT2D eigenvalue weighted by atomic mass is 9.80. The fourth-order valence-corrected chi connectivity index (χ4v) is 2.86. The molecule has 2 aromatic carbocycles. The Morgan fingerprint density at radius 1 is 1.00 bits per heavy atom. The van der Waals surface area contributed by atoms with E-state index < -0.39 is 5.97 Å². The molecule has 0 spiro atoms. The Morgan fingerprint density at radius 2 is 1.67 bits per heavy atom. The van der Waals surface area contributed by atoms with Gasteiger partial charge in [0.15, 0.2) is 0 Å². The van der Waals surface area contributed by atoms with Gasteiger partial charge in [0, 0.05) is 17.7 Å². The number of nitrogens with one attached hydrogen (secondary N) is 1. The molecule has 24 heavy (non-hydrogen) atoms. The number of hydrogen-bond donors (Lipinski definition) is 2. The van der Waals surface area contributed by atoms with Gasteiger partial charge in [-0.3, -0.25) is 9.59 Å². The van der Waals surface area contributed by atoms with Crippen LogP contribution in [0, 0.1) is 0 Å². The Labute approximate surface area is 141 Å². The molecular formula is C20H21NO3. The maximum atomic E-state index is 12.3. The van der Waals surface area contributed by atoms with Crippen LogP contribution in [0.5, 0.6) is 0 Å². The van der Waals surface area contributed by atoms with Gasteiger partial charge < -0.3 is 10.4 Å². The molecule has 4 nitrogen and oxygen atoms in total. The molecule has 0 aromatic heterocycles. The first-order valence-corrected chi connectivity index (χ1v) is 8.34. The van der Waals surface area contributed by atoms with E-state index >= 15 is 0 Å². The van der Waals surface area contributed by atoms with Crippen molar-refractivity contribution >= 4 is 17.6 Å². The number of anilines is 1. The van der Waals surface area contributed by atoms with E-state index in [0.717, 1.165) is 5.56 Å². The van der Waals surface area contributed by atoms with E-state index in [1.165, 1.54) is 24.8 Å². The fourth-order valence-electron chi connectivity index (χ4n) is 2.86. The number of benzene rings is 2. The minimum atomic E-state index is -0.808. The molecule has 4 heteroatoms. The van der Waals surface area contributed by atoms with E-state index in [2.05, 4.69) is 5.32 Å². The summed E-state index contributed by atoms with van der Waals surface area (Å²) in [5.74, 6) is -0.272. The van der Waals surface area contributed by atoms with Gasteiger partial charge >= 0.3 is 5.97 Å². The standard InChI is InChI=1S/C20H21NO3/c22-19(23)13-6-14-4-11-18(12-5-14)21-20(24)17-9-7-16(8-10-17)15-2-1-3-15/h4-5,7-12,15H,1-3,6,13H2,(H,21,24)(H,22,23). The quantitative estimate of drug-likeness (QED) is 0.836. The highest BCUT2D eigenvalue weighted by molar-refractivity contribution is 6.04. The van der Waals surface area contributed by atoms with E-state index in [4.69, 9.17) is 5.11 Å². The monoisotopic (exact) mass is 323 g/mol. The zero-order chi connectivity index (χ0) is 16.9. The van der Waals surface area contributed by atoms with Crippen molar-refractivity contribution in [1.29, 1.82) is 0 Å². The van der Waals surface area contributed by atoms with Crippen LogP contribution in [0.25, 0.3) is 0 Å². The van der Waals surface area contributed by atoms with Crippen molar-refractivity contribution in [2.24, 2.45) is 0 Å². The summed E-state index contributed by atoms with van der Waals surface area (Å²) in [7, 11) is 0. The third-order valence-electron chi connectivity index (χ3n) is 4.59. The number of aryl methyl sites for hydroxylation is 1. The molecule has 1 fully saturated rings. The van der Waals surface area contributed by atoms with E-state index in [9.17, 15) is 9.59 Å². The number of carboxylic acids is 1. The molecule has 0 unspecified atom stereocenters. The van der Waals surface area contributed by atoms with Crippen molar-refractivity contribution in [3.63, 3.8) is 0 Å². The third-order valence-corrected chi connectivity index (χ3v) is 4.59. The number of carbonyl (C=O) groups excluding carboxylic acids is 1. The first-order valence-electron chi connectivity index (χ1n) is 8.34. The van der Waals surface area contributed by atoms with Crippen LogP contribution in [0.1, 0.15) is 53.1 Å². The van der Waals surface area contributed by atoms with Crippen LogP contribution < -0.4 is 5.32 Å². The summed E-state index contributed by atoms with van der Waals surface area (Å²) in [6, 6.07) is 15.2. The van der Waals surface area contributed by atoms with Crippen molar-refractivity contribution in [2.45, 2.75) is 38.0 Å². The van der Waals surface area contributed by atoms with Gasteiger partial charge in [-0.15, -0.1) is 0 Å². The lowest BCUT2D eigenvalue weighted by Crippen LogP contribution is -2.13. The number of carbonyl (C=O) groups is 2. The van der Waals surface area contributed by atoms with Gasteiger partial charge in [0.25, 0.3) is 5.91 Å². The zero-order valence-corrected chi connectivity index (χ0v) is 13.5. The molecule has 0 aliphatic heterocycles. The predicted octanol–water partition coefficient (Wildman–Crippen LogP) is 4.22. The second kappa shape index (κ2) is 7.30. The summed E-state index contributed by atoms with van der Waals surface area (Å²) in [6.45, 7) is 0. The molecule has 0 heterocycles. The normalized spacial score (nSPS) is 14.0. The highest BCUT2D eigenvalue weighted by Crippen LogP contribution is 2.36. The molecule has 124 valence electrons. The summed E-state index contributed by atoms with van der Waals surface area (Å²) < 4.78 is 0. The van der Waals surface area contributed by atoms with Crippen molar-refractivity contribution in [1.82, 2.24) is 0 Å².